The van der Waals surface area contributed by atoms with Crippen molar-refractivity contribution in [3.8, 4) is 0 Å². The number of fused-ring (bicyclic) bond motifs is 1. The van der Waals surface area contributed by atoms with Crippen molar-refractivity contribution in [3.63, 3.8) is 0 Å². The average Bonchev–Trinajstić information content (AvgIpc) is 3.53. The van der Waals surface area contributed by atoms with Crippen molar-refractivity contribution in [2.45, 2.75) is 31.3 Å². The minimum Gasteiger partial charge on any atom is -0.467 e. The summed E-state index contributed by atoms with van der Waals surface area (Å²) >= 11 is 3.06. The molecular formula is C21H18N4O3S2. The Labute approximate surface area is 180 Å². The van der Waals surface area contributed by atoms with E-state index in [2.05, 4.69) is 28.9 Å². The van der Waals surface area contributed by atoms with Crippen LogP contribution < -0.4 is 0 Å². The van der Waals surface area contributed by atoms with Crippen LogP contribution in [0.3, 0.4) is 0 Å². The van der Waals surface area contributed by atoms with Crippen LogP contribution >= 0.6 is 23.1 Å². The number of furan rings is 2. The number of hydrogen-bond donors (Lipinski definition) is 0. The van der Waals surface area contributed by atoms with Gasteiger partial charge in [-0.05, 0) is 43.7 Å². The monoisotopic (exact) mass is 438 g/mol. The number of aromatic nitrogens is 2. The topological polar surface area (TPSA) is 84.7 Å². The van der Waals surface area contributed by atoms with Gasteiger partial charge in [-0.25, -0.2) is 15.0 Å². The second-order valence-electron chi connectivity index (χ2n) is 6.93. The Morgan fingerprint density at radius 1 is 1.23 bits per heavy atom. The lowest BCUT2D eigenvalue weighted by atomic mass is 10.1. The summed E-state index contributed by atoms with van der Waals surface area (Å²) < 4.78 is 11.1. The summed E-state index contributed by atoms with van der Waals surface area (Å²) in [4.78, 5) is 24.1. The van der Waals surface area contributed by atoms with Crippen LogP contribution in [0.5, 0.6) is 0 Å². The van der Waals surface area contributed by atoms with Crippen molar-refractivity contribution >= 4 is 44.9 Å². The summed E-state index contributed by atoms with van der Waals surface area (Å²) in [6, 6.07) is 7.05. The lowest BCUT2D eigenvalue weighted by molar-refractivity contribution is -0.130. The highest BCUT2D eigenvalue weighted by Crippen LogP contribution is 2.36. The first-order valence-corrected chi connectivity index (χ1v) is 11.2. The fourth-order valence-electron chi connectivity index (χ4n) is 3.49. The molecule has 1 aliphatic rings. The third kappa shape index (κ3) is 3.33. The molecule has 0 bridgehead atoms. The van der Waals surface area contributed by atoms with Crippen LogP contribution in [-0.2, 0) is 4.79 Å². The first-order valence-electron chi connectivity index (χ1n) is 9.42. The molecule has 4 aromatic rings. The summed E-state index contributed by atoms with van der Waals surface area (Å²) in [7, 11) is 0. The van der Waals surface area contributed by atoms with Gasteiger partial charge in [0, 0.05) is 16.7 Å². The first kappa shape index (κ1) is 19.1. The first-order chi connectivity index (χ1) is 14.6. The molecule has 7 nitrogen and oxygen atoms in total. The van der Waals surface area contributed by atoms with E-state index < -0.39 is 0 Å². The molecule has 0 fully saturated rings. The van der Waals surface area contributed by atoms with Gasteiger partial charge in [0.15, 0.2) is 0 Å². The third-order valence-corrected chi connectivity index (χ3v) is 7.20. The Morgan fingerprint density at radius 2 is 2.07 bits per heavy atom. The molecule has 1 aliphatic heterocycles. The lowest BCUT2D eigenvalue weighted by Gasteiger charge is -2.19. The van der Waals surface area contributed by atoms with E-state index in [1.807, 2.05) is 24.3 Å². The zero-order chi connectivity index (χ0) is 20.7. The molecule has 5 heterocycles. The number of hydrogen-bond acceptors (Lipinski definition) is 8. The molecule has 9 heteroatoms. The summed E-state index contributed by atoms with van der Waals surface area (Å²) in [6.45, 7) is 4.14. The fraction of sp³-hybridized carbons (Fsp3) is 0.238. The van der Waals surface area contributed by atoms with Crippen molar-refractivity contribution in [2.75, 3.05) is 5.75 Å². The second kappa shape index (κ2) is 7.73. The highest BCUT2D eigenvalue weighted by molar-refractivity contribution is 8.00. The molecule has 152 valence electrons. The van der Waals surface area contributed by atoms with Crippen molar-refractivity contribution < 1.29 is 13.6 Å². The van der Waals surface area contributed by atoms with Gasteiger partial charge in [-0.15, -0.1) is 11.3 Å². The molecule has 0 N–H and O–H groups in total. The van der Waals surface area contributed by atoms with Gasteiger partial charge in [0.05, 0.1) is 18.3 Å². The van der Waals surface area contributed by atoms with Gasteiger partial charge in [0.1, 0.15) is 39.5 Å². The molecule has 1 unspecified atom stereocenters. The van der Waals surface area contributed by atoms with Gasteiger partial charge in [-0.1, -0.05) is 11.8 Å². The number of amides is 1. The molecule has 0 aromatic carbocycles. The zero-order valence-corrected chi connectivity index (χ0v) is 18.0. The molecule has 0 aliphatic carbocycles. The molecule has 1 atom stereocenters. The number of carbonyl (C=O) groups is 1. The van der Waals surface area contributed by atoms with E-state index in [0.717, 1.165) is 21.0 Å². The molecule has 0 radical (unpaired) electrons. The lowest BCUT2D eigenvalue weighted by Crippen LogP contribution is -2.28. The average molecular weight is 439 g/mol. The van der Waals surface area contributed by atoms with E-state index in [4.69, 9.17) is 8.83 Å². The van der Waals surface area contributed by atoms with E-state index in [-0.39, 0.29) is 17.7 Å². The maximum atomic E-state index is 13.2. The highest BCUT2D eigenvalue weighted by Gasteiger charge is 2.35. The van der Waals surface area contributed by atoms with Crippen LogP contribution in [0.25, 0.3) is 10.2 Å². The van der Waals surface area contributed by atoms with Gasteiger partial charge in [0.25, 0.3) is 5.91 Å². The van der Waals surface area contributed by atoms with Crippen LogP contribution in [0.2, 0.25) is 0 Å². The van der Waals surface area contributed by atoms with Crippen molar-refractivity contribution in [1.29, 1.82) is 0 Å². The Hall–Kier alpha value is -2.91. The predicted molar refractivity (Wildman–Crippen MR) is 116 cm³/mol. The Kier molecular flexibility index (Phi) is 4.92. The largest absolute Gasteiger partial charge is 0.467 e. The highest BCUT2D eigenvalue weighted by atomic mass is 32.2. The number of aryl methyl sites for hydroxylation is 2. The van der Waals surface area contributed by atoms with Crippen LogP contribution in [0.15, 0.2) is 62.1 Å². The van der Waals surface area contributed by atoms with Crippen molar-refractivity contribution in [2.24, 2.45) is 5.10 Å². The third-order valence-electron chi connectivity index (χ3n) is 5.11. The standard InChI is InChI=1S/C21H18N4O3S2/c1-12-13(2)30-21-19(12)20(22-11-23-21)29-10-18(26)25-15(17-6-4-8-28-17)9-14(24-25)16-5-3-7-27-16/h3-8,11,15H,9-10H2,1-2H3. The summed E-state index contributed by atoms with van der Waals surface area (Å²) in [5, 5.41) is 7.92. The number of nitrogens with zero attached hydrogens (tertiary/aromatic N) is 4. The molecular weight excluding hydrogens is 420 g/mol. The van der Waals surface area contributed by atoms with Gasteiger partial charge < -0.3 is 8.83 Å². The molecule has 30 heavy (non-hydrogen) atoms. The molecule has 1 amide bonds. The number of thiophene rings is 1. The quantitative estimate of drug-likeness (QED) is 0.323. The smallest absolute Gasteiger partial charge is 0.253 e. The predicted octanol–water partition coefficient (Wildman–Crippen LogP) is 4.96. The Bertz CT molecular complexity index is 1230. The van der Waals surface area contributed by atoms with E-state index >= 15 is 0 Å². The van der Waals surface area contributed by atoms with Crippen molar-refractivity contribution in [3.05, 3.63) is 65.1 Å². The van der Waals surface area contributed by atoms with Crippen LogP contribution in [0, 0.1) is 13.8 Å². The van der Waals surface area contributed by atoms with E-state index in [0.29, 0.717) is 17.9 Å². The van der Waals surface area contributed by atoms with Gasteiger partial charge >= 0.3 is 0 Å². The zero-order valence-electron chi connectivity index (χ0n) is 16.4. The molecule has 0 saturated heterocycles. The maximum Gasteiger partial charge on any atom is 0.253 e. The number of thioether (sulfide) groups is 1. The summed E-state index contributed by atoms with van der Waals surface area (Å²) in [5.41, 5.74) is 1.90. The molecule has 5 rings (SSSR count). The molecule has 0 spiro atoms. The fourth-order valence-corrected chi connectivity index (χ4v) is 5.46. The summed E-state index contributed by atoms with van der Waals surface area (Å²) in [5.74, 6) is 1.47. The van der Waals surface area contributed by atoms with Crippen LogP contribution in [0.4, 0.5) is 0 Å². The van der Waals surface area contributed by atoms with E-state index in [1.165, 1.54) is 27.2 Å². The van der Waals surface area contributed by atoms with Crippen molar-refractivity contribution in [1.82, 2.24) is 15.0 Å². The van der Waals surface area contributed by atoms with Gasteiger partial charge in [-0.2, -0.15) is 5.10 Å². The Morgan fingerprint density at radius 3 is 2.83 bits per heavy atom. The SMILES string of the molecule is Cc1sc2ncnc(SCC(=O)N3N=C(c4ccco4)CC3c3ccco3)c2c1C. The second-order valence-corrected chi connectivity index (χ2v) is 9.10. The molecule has 4 aromatic heterocycles. The van der Waals surface area contributed by atoms with E-state index in [9.17, 15) is 4.79 Å². The van der Waals surface area contributed by atoms with Gasteiger partial charge in [-0.3, -0.25) is 4.79 Å². The number of rotatable bonds is 5. The molecule has 0 saturated carbocycles. The van der Waals surface area contributed by atoms with E-state index in [1.54, 1.807) is 30.2 Å². The minimum atomic E-state index is -0.288. The Balaban J connectivity index is 1.40. The minimum absolute atomic E-state index is 0.112. The van der Waals surface area contributed by atoms with Crippen LogP contribution in [-0.4, -0.2) is 32.3 Å². The number of hydrazone groups is 1. The number of carbonyl (C=O) groups excluding carboxylic acids is 1. The van der Waals surface area contributed by atoms with Crippen LogP contribution in [0.1, 0.15) is 34.4 Å². The normalized spacial score (nSPS) is 16.4. The maximum absolute atomic E-state index is 13.2. The van der Waals surface area contributed by atoms with Gasteiger partial charge in [0.2, 0.25) is 0 Å². The summed E-state index contributed by atoms with van der Waals surface area (Å²) in [6.07, 6.45) is 5.31.